The summed E-state index contributed by atoms with van der Waals surface area (Å²) in [6, 6.07) is 11.2. The maximum absolute atomic E-state index is 13.2. The largest absolute Gasteiger partial charge is 0.507 e. The standard InChI is InChI=1S/C25H35FN2O/c1-24(2,3)21-15-18(16-22(23(21)29)25(4,5)6)17-27-11-13-28(14-12-27)20-9-7-19(26)8-10-20/h7-10,15-16,29H,11-14,17H2,1-6H3/p+1. The van der Waals surface area contributed by atoms with E-state index in [-0.39, 0.29) is 16.6 Å². The number of hydrogen-bond donors (Lipinski definition) is 2. The Morgan fingerprint density at radius 3 is 1.83 bits per heavy atom. The van der Waals surface area contributed by atoms with Gasteiger partial charge in [-0.25, -0.2) is 4.39 Å². The van der Waals surface area contributed by atoms with Crippen molar-refractivity contribution >= 4 is 5.69 Å². The van der Waals surface area contributed by atoms with Crippen LogP contribution in [0.3, 0.4) is 0 Å². The number of phenols is 1. The summed E-state index contributed by atoms with van der Waals surface area (Å²) in [7, 11) is 0. The van der Waals surface area contributed by atoms with Crippen LogP contribution in [0.4, 0.5) is 10.1 Å². The molecule has 1 aliphatic rings. The smallest absolute Gasteiger partial charge is 0.123 e. The highest BCUT2D eigenvalue weighted by molar-refractivity contribution is 5.50. The van der Waals surface area contributed by atoms with Crippen LogP contribution in [0.1, 0.15) is 58.2 Å². The second-order valence-electron chi connectivity index (χ2n) is 10.4. The van der Waals surface area contributed by atoms with E-state index in [9.17, 15) is 9.50 Å². The van der Waals surface area contributed by atoms with E-state index in [1.54, 1.807) is 4.90 Å². The van der Waals surface area contributed by atoms with Gasteiger partial charge in [-0.2, -0.15) is 0 Å². The average molecular weight is 400 g/mol. The van der Waals surface area contributed by atoms with Crippen LogP contribution >= 0.6 is 0 Å². The number of rotatable bonds is 3. The summed E-state index contributed by atoms with van der Waals surface area (Å²) in [6.07, 6.45) is 0. The molecule has 1 aliphatic heterocycles. The predicted molar refractivity (Wildman–Crippen MR) is 119 cm³/mol. The third-order valence-corrected chi connectivity index (χ3v) is 5.90. The first-order chi connectivity index (χ1) is 13.4. The van der Waals surface area contributed by atoms with Gasteiger partial charge >= 0.3 is 0 Å². The Hall–Kier alpha value is -2.07. The number of nitrogens with one attached hydrogen (secondary N) is 1. The maximum atomic E-state index is 13.2. The fourth-order valence-corrected chi connectivity index (χ4v) is 4.14. The molecule has 3 nitrogen and oxygen atoms in total. The van der Waals surface area contributed by atoms with E-state index in [1.807, 2.05) is 12.1 Å². The summed E-state index contributed by atoms with van der Waals surface area (Å²) >= 11 is 0. The van der Waals surface area contributed by atoms with Crippen molar-refractivity contribution in [3.05, 3.63) is 58.9 Å². The van der Waals surface area contributed by atoms with Crippen LogP contribution in [0.2, 0.25) is 0 Å². The van der Waals surface area contributed by atoms with Crippen molar-refractivity contribution in [2.45, 2.75) is 58.9 Å². The fourth-order valence-electron chi connectivity index (χ4n) is 4.14. The summed E-state index contributed by atoms with van der Waals surface area (Å²) < 4.78 is 13.2. The van der Waals surface area contributed by atoms with E-state index in [2.05, 4.69) is 58.6 Å². The van der Waals surface area contributed by atoms with Crippen LogP contribution in [0.25, 0.3) is 0 Å². The zero-order chi connectivity index (χ0) is 21.4. The average Bonchev–Trinajstić information content (AvgIpc) is 2.62. The number of nitrogens with zero attached hydrogens (tertiary/aromatic N) is 1. The van der Waals surface area contributed by atoms with E-state index < -0.39 is 0 Å². The molecule has 0 aliphatic carbocycles. The number of anilines is 1. The van der Waals surface area contributed by atoms with Gasteiger partial charge in [0.05, 0.1) is 26.2 Å². The topological polar surface area (TPSA) is 27.9 Å². The molecule has 0 atom stereocenters. The molecule has 3 rings (SSSR count). The van der Waals surface area contributed by atoms with E-state index in [4.69, 9.17) is 0 Å². The van der Waals surface area contributed by atoms with Crippen molar-refractivity contribution in [3.8, 4) is 5.75 Å². The number of quaternary nitrogens is 1. The summed E-state index contributed by atoms with van der Waals surface area (Å²) in [5, 5.41) is 10.9. The van der Waals surface area contributed by atoms with Crippen LogP contribution in [0, 0.1) is 5.82 Å². The summed E-state index contributed by atoms with van der Waals surface area (Å²) in [4.78, 5) is 3.88. The molecule has 158 valence electrons. The molecule has 0 unspecified atom stereocenters. The maximum Gasteiger partial charge on any atom is 0.123 e. The second-order valence-corrected chi connectivity index (χ2v) is 10.4. The van der Waals surface area contributed by atoms with Crippen molar-refractivity contribution < 1.29 is 14.4 Å². The van der Waals surface area contributed by atoms with Gasteiger partial charge in [0, 0.05) is 22.4 Å². The van der Waals surface area contributed by atoms with Gasteiger partial charge in [-0.15, -0.1) is 0 Å². The lowest BCUT2D eigenvalue weighted by Gasteiger charge is -2.34. The minimum Gasteiger partial charge on any atom is -0.507 e. The Morgan fingerprint density at radius 2 is 1.38 bits per heavy atom. The first-order valence-corrected chi connectivity index (χ1v) is 10.7. The van der Waals surface area contributed by atoms with Crippen LogP contribution < -0.4 is 9.80 Å². The monoisotopic (exact) mass is 399 g/mol. The molecule has 1 saturated heterocycles. The SMILES string of the molecule is CC(C)(C)c1cc(C[NH+]2CCN(c3ccc(F)cc3)CC2)cc(C(C)(C)C)c1O. The number of halogens is 1. The molecule has 0 amide bonds. The fraction of sp³-hybridized carbons (Fsp3) is 0.520. The molecule has 0 saturated carbocycles. The molecule has 0 radical (unpaired) electrons. The van der Waals surface area contributed by atoms with Gasteiger partial charge < -0.3 is 14.9 Å². The summed E-state index contributed by atoms with van der Waals surface area (Å²) in [6.45, 7) is 18.0. The molecule has 0 bridgehead atoms. The number of aromatic hydroxyl groups is 1. The Labute approximate surface area is 175 Å². The number of piperazine rings is 1. The molecule has 0 aromatic heterocycles. The minimum absolute atomic E-state index is 0.100. The van der Waals surface area contributed by atoms with Crippen molar-refractivity contribution in [1.29, 1.82) is 0 Å². The summed E-state index contributed by atoms with van der Waals surface area (Å²) in [5.41, 5.74) is 4.25. The third kappa shape index (κ3) is 5.11. The van der Waals surface area contributed by atoms with Crippen molar-refractivity contribution in [2.24, 2.45) is 0 Å². The van der Waals surface area contributed by atoms with E-state index in [0.29, 0.717) is 5.75 Å². The first-order valence-electron chi connectivity index (χ1n) is 10.7. The molecule has 0 spiro atoms. The normalized spacial score (nSPS) is 16.3. The first kappa shape index (κ1) is 21.6. The second kappa shape index (κ2) is 7.98. The van der Waals surface area contributed by atoms with Gasteiger partial charge in [0.25, 0.3) is 0 Å². The van der Waals surface area contributed by atoms with Crippen LogP contribution in [-0.2, 0) is 17.4 Å². The summed E-state index contributed by atoms with van der Waals surface area (Å²) in [5.74, 6) is 0.263. The molecule has 2 aromatic rings. The van der Waals surface area contributed by atoms with E-state index in [1.165, 1.54) is 17.7 Å². The zero-order valence-corrected chi connectivity index (χ0v) is 18.8. The number of benzene rings is 2. The molecular weight excluding hydrogens is 363 g/mol. The molecule has 1 heterocycles. The minimum atomic E-state index is -0.186. The third-order valence-electron chi connectivity index (χ3n) is 5.90. The molecule has 2 aromatic carbocycles. The van der Waals surface area contributed by atoms with Crippen molar-refractivity contribution in [3.63, 3.8) is 0 Å². The quantitative estimate of drug-likeness (QED) is 0.816. The van der Waals surface area contributed by atoms with Gasteiger partial charge in [-0.3, -0.25) is 0 Å². The molecule has 4 heteroatoms. The molecule has 2 N–H and O–H groups in total. The number of hydrogen-bond acceptors (Lipinski definition) is 2. The Balaban J connectivity index is 1.76. The lowest BCUT2D eigenvalue weighted by Crippen LogP contribution is -3.13. The molecular formula is C25H36FN2O+. The van der Waals surface area contributed by atoms with Gasteiger partial charge in [0.2, 0.25) is 0 Å². The highest BCUT2D eigenvalue weighted by Gasteiger charge is 2.28. The highest BCUT2D eigenvalue weighted by atomic mass is 19.1. The Morgan fingerprint density at radius 1 is 0.897 bits per heavy atom. The van der Waals surface area contributed by atoms with E-state index in [0.717, 1.165) is 49.5 Å². The lowest BCUT2D eigenvalue weighted by molar-refractivity contribution is -0.914. The number of phenolic OH excluding ortho intramolecular Hbond substituents is 1. The van der Waals surface area contributed by atoms with Gasteiger partial charge in [-0.1, -0.05) is 41.5 Å². The van der Waals surface area contributed by atoms with Gasteiger partial charge in [-0.05, 0) is 47.2 Å². The Bertz CT molecular complexity index is 804. The van der Waals surface area contributed by atoms with Gasteiger partial charge in [0.15, 0.2) is 0 Å². The van der Waals surface area contributed by atoms with Crippen LogP contribution in [0.5, 0.6) is 5.75 Å². The molecule has 29 heavy (non-hydrogen) atoms. The van der Waals surface area contributed by atoms with E-state index >= 15 is 0 Å². The van der Waals surface area contributed by atoms with Crippen LogP contribution in [0.15, 0.2) is 36.4 Å². The lowest BCUT2D eigenvalue weighted by atomic mass is 9.78. The van der Waals surface area contributed by atoms with Crippen molar-refractivity contribution in [1.82, 2.24) is 0 Å². The predicted octanol–water partition coefficient (Wildman–Crippen LogP) is 4.03. The zero-order valence-electron chi connectivity index (χ0n) is 18.8. The molecule has 1 fully saturated rings. The van der Waals surface area contributed by atoms with Crippen LogP contribution in [-0.4, -0.2) is 31.3 Å². The van der Waals surface area contributed by atoms with Crippen molar-refractivity contribution in [2.75, 3.05) is 31.1 Å². The Kier molecular flexibility index (Phi) is 5.96. The van der Waals surface area contributed by atoms with Gasteiger partial charge in [0.1, 0.15) is 18.1 Å². The highest BCUT2D eigenvalue weighted by Crippen LogP contribution is 2.39.